The number of thiophene rings is 1. The smallest absolute Gasteiger partial charge is 0.248 e. The van der Waals surface area contributed by atoms with Crippen molar-refractivity contribution in [3.8, 4) is 11.3 Å². The minimum absolute atomic E-state index is 0.252. The molecule has 5 nitrogen and oxygen atoms in total. The van der Waals surface area contributed by atoms with Crippen molar-refractivity contribution >= 4 is 32.6 Å². The summed E-state index contributed by atoms with van der Waals surface area (Å²) in [5, 5.41) is 15.6. The summed E-state index contributed by atoms with van der Waals surface area (Å²) in [6.07, 6.45) is 2.27. The third-order valence-corrected chi connectivity index (χ3v) is 6.18. The number of hydrogen-bond donors (Lipinski definition) is 1. The van der Waals surface area contributed by atoms with Crippen LogP contribution in [0.15, 0.2) is 36.7 Å². The van der Waals surface area contributed by atoms with Gasteiger partial charge in [-0.05, 0) is 24.3 Å². The van der Waals surface area contributed by atoms with E-state index in [-0.39, 0.29) is 18.8 Å². The average Bonchev–Trinajstić information content (AvgIpc) is 3.19. The molecule has 4 aromatic heterocycles. The molecule has 0 unspecified atom stereocenters. The van der Waals surface area contributed by atoms with Crippen LogP contribution in [-0.4, -0.2) is 30.8 Å². The summed E-state index contributed by atoms with van der Waals surface area (Å²) < 4.78 is 28.8. The number of aromatic nitrogens is 4. The lowest BCUT2D eigenvalue weighted by molar-refractivity contribution is -0.141. The molecule has 0 aliphatic heterocycles. The van der Waals surface area contributed by atoms with Crippen LogP contribution >= 0.6 is 11.3 Å². The van der Waals surface area contributed by atoms with Gasteiger partial charge in [0.15, 0.2) is 5.65 Å². The third kappa shape index (κ3) is 2.89. The second-order valence-corrected chi connectivity index (χ2v) is 8.25. The molecular formula is C19H16F2N4OS. The Labute approximate surface area is 157 Å². The fourth-order valence-electron chi connectivity index (χ4n) is 3.59. The van der Waals surface area contributed by atoms with Crippen LogP contribution < -0.4 is 0 Å². The number of aryl methyl sites for hydroxylation is 1. The van der Waals surface area contributed by atoms with Gasteiger partial charge >= 0.3 is 0 Å². The van der Waals surface area contributed by atoms with Gasteiger partial charge in [0, 0.05) is 54.0 Å². The molecule has 0 spiro atoms. The van der Waals surface area contributed by atoms with Crippen molar-refractivity contribution in [1.82, 2.24) is 19.7 Å². The molecule has 0 radical (unpaired) electrons. The molecule has 8 heteroatoms. The summed E-state index contributed by atoms with van der Waals surface area (Å²) in [4.78, 5) is 9.74. The quantitative estimate of drug-likeness (QED) is 0.569. The normalized spacial score (nSPS) is 18.1. The maximum atomic E-state index is 13.1. The Kier molecular flexibility index (Phi) is 3.57. The van der Waals surface area contributed by atoms with Crippen LogP contribution in [0.5, 0.6) is 0 Å². The number of aliphatic hydroxyl groups excluding tert-OH is 1. The molecule has 1 aliphatic rings. The number of aliphatic hydroxyl groups is 1. The first-order valence-corrected chi connectivity index (χ1v) is 9.46. The molecule has 0 bridgehead atoms. The lowest BCUT2D eigenvalue weighted by atomic mass is 9.77. The van der Waals surface area contributed by atoms with Gasteiger partial charge in [0.2, 0.25) is 5.92 Å². The number of hydrogen-bond acceptors (Lipinski definition) is 5. The highest BCUT2D eigenvalue weighted by atomic mass is 32.1. The molecular weight excluding hydrogens is 370 g/mol. The first-order chi connectivity index (χ1) is 12.9. The molecule has 0 amide bonds. The third-order valence-electron chi connectivity index (χ3n) is 5.02. The van der Waals surface area contributed by atoms with Crippen molar-refractivity contribution in [2.45, 2.75) is 24.9 Å². The second-order valence-electron chi connectivity index (χ2n) is 7.14. The first-order valence-electron chi connectivity index (χ1n) is 8.64. The monoisotopic (exact) mass is 386 g/mol. The SMILES string of the molecule is Cn1cc2cc(-c3ccc4sc([C@H](O)C5CC(F)(F)C5)cc4n3)cnc2n1. The Bertz CT molecular complexity index is 1160. The molecule has 1 fully saturated rings. The Morgan fingerprint density at radius 1 is 1.30 bits per heavy atom. The highest BCUT2D eigenvalue weighted by molar-refractivity contribution is 7.19. The van der Waals surface area contributed by atoms with Crippen LogP contribution in [0.1, 0.15) is 23.8 Å². The summed E-state index contributed by atoms with van der Waals surface area (Å²) in [6.45, 7) is 0. The minimum Gasteiger partial charge on any atom is -0.387 e. The molecule has 138 valence electrons. The van der Waals surface area contributed by atoms with Gasteiger partial charge in [0.25, 0.3) is 0 Å². The van der Waals surface area contributed by atoms with Crippen molar-refractivity contribution < 1.29 is 13.9 Å². The van der Waals surface area contributed by atoms with E-state index in [1.807, 2.05) is 31.4 Å². The van der Waals surface area contributed by atoms with Gasteiger partial charge < -0.3 is 5.11 Å². The van der Waals surface area contributed by atoms with E-state index in [4.69, 9.17) is 0 Å². The molecule has 1 atom stereocenters. The zero-order chi connectivity index (χ0) is 18.8. The zero-order valence-electron chi connectivity index (χ0n) is 14.4. The highest BCUT2D eigenvalue weighted by Gasteiger charge is 2.48. The maximum Gasteiger partial charge on any atom is 0.248 e. The van der Waals surface area contributed by atoms with Gasteiger partial charge in [-0.1, -0.05) is 0 Å². The Morgan fingerprint density at radius 2 is 2.11 bits per heavy atom. The number of halogens is 2. The predicted molar refractivity (Wildman–Crippen MR) is 99.8 cm³/mol. The van der Waals surface area contributed by atoms with Crippen LogP contribution in [0.2, 0.25) is 0 Å². The van der Waals surface area contributed by atoms with Gasteiger partial charge in [-0.2, -0.15) is 5.10 Å². The molecule has 4 heterocycles. The van der Waals surface area contributed by atoms with Crippen LogP contribution in [0, 0.1) is 5.92 Å². The molecule has 1 N–H and O–H groups in total. The zero-order valence-corrected chi connectivity index (χ0v) is 15.2. The van der Waals surface area contributed by atoms with Crippen LogP contribution in [0.3, 0.4) is 0 Å². The van der Waals surface area contributed by atoms with Crippen molar-refractivity contribution in [3.05, 3.63) is 41.5 Å². The minimum atomic E-state index is -2.63. The number of rotatable bonds is 3. The molecule has 4 aromatic rings. The molecule has 1 saturated carbocycles. The number of fused-ring (bicyclic) bond motifs is 2. The van der Waals surface area contributed by atoms with E-state index in [2.05, 4.69) is 15.1 Å². The largest absolute Gasteiger partial charge is 0.387 e. The van der Waals surface area contributed by atoms with E-state index in [1.165, 1.54) is 11.3 Å². The maximum absolute atomic E-state index is 13.1. The van der Waals surface area contributed by atoms with E-state index in [9.17, 15) is 13.9 Å². The molecule has 0 saturated heterocycles. The van der Waals surface area contributed by atoms with E-state index in [0.717, 1.165) is 26.9 Å². The van der Waals surface area contributed by atoms with Gasteiger partial charge in [-0.25, -0.2) is 18.7 Å². The van der Waals surface area contributed by atoms with Gasteiger partial charge in [0.1, 0.15) is 0 Å². The second kappa shape index (κ2) is 5.77. The van der Waals surface area contributed by atoms with Crippen LogP contribution in [-0.2, 0) is 7.05 Å². The summed E-state index contributed by atoms with van der Waals surface area (Å²) in [5.74, 6) is -3.02. The molecule has 0 aromatic carbocycles. The van der Waals surface area contributed by atoms with E-state index in [0.29, 0.717) is 10.5 Å². The summed E-state index contributed by atoms with van der Waals surface area (Å²) >= 11 is 1.41. The first kappa shape index (κ1) is 16.7. The number of nitrogens with zero attached hydrogens (tertiary/aromatic N) is 4. The Morgan fingerprint density at radius 3 is 2.89 bits per heavy atom. The fraction of sp³-hybridized carbons (Fsp3) is 0.316. The summed E-state index contributed by atoms with van der Waals surface area (Å²) in [7, 11) is 1.85. The number of alkyl halides is 2. The van der Waals surface area contributed by atoms with Crippen LogP contribution in [0.4, 0.5) is 8.78 Å². The highest BCUT2D eigenvalue weighted by Crippen LogP contribution is 2.49. The summed E-state index contributed by atoms with van der Waals surface area (Å²) in [5.41, 5.74) is 3.09. The lowest BCUT2D eigenvalue weighted by Gasteiger charge is -2.37. The Balaban J connectivity index is 1.47. The van der Waals surface area contributed by atoms with Crippen molar-refractivity contribution in [2.24, 2.45) is 13.0 Å². The fourth-order valence-corrected chi connectivity index (χ4v) is 4.67. The summed E-state index contributed by atoms with van der Waals surface area (Å²) in [6, 6.07) is 7.65. The topological polar surface area (TPSA) is 63.8 Å². The van der Waals surface area contributed by atoms with Gasteiger partial charge in [-0.3, -0.25) is 4.68 Å². The van der Waals surface area contributed by atoms with E-state index in [1.54, 1.807) is 16.9 Å². The van der Waals surface area contributed by atoms with Crippen molar-refractivity contribution in [3.63, 3.8) is 0 Å². The molecule has 5 rings (SSSR count). The standard InChI is InChI=1S/C19H16F2N4OS/c1-25-9-11-4-10(8-22-18(11)24-25)13-2-3-15-14(23-13)5-16(27-15)17(26)12-6-19(20,21)7-12/h2-5,8-9,12,17,26H,6-7H2,1H3/t17-/m1/s1. The number of pyridine rings is 2. The van der Waals surface area contributed by atoms with Crippen LogP contribution in [0.25, 0.3) is 32.5 Å². The molecule has 27 heavy (non-hydrogen) atoms. The van der Waals surface area contributed by atoms with Gasteiger partial charge in [0.05, 0.1) is 22.0 Å². The lowest BCUT2D eigenvalue weighted by Crippen LogP contribution is -2.38. The van der Waals surface area contributed by atoms with E-state index >= 15 is 0 Å². The Hall–Kier alpha value is -2.45. The predicted octanol–water partition coefficient (Wildman–Crippen LogP) is 4.32. The van der Waals surface area contributed by atoms with Crippen molar-refractivity contribution in [2.75, 3.05) is 0 Å². The van der Waals surface area contributed by atoms with Crippen molar-refractivity contribution in [1.29, 1.82) is 0 Å². The van der Waals surface area contributed by atoms with E-state index < -0.39 is 12.0 Å². The molecule has 1 aliphatic carbocycles. The average molecular weight is 386 g/mol. The van der Waals surface area contributed by atoms with Gasteiger partial charge in [-0.15, -0.1) is 11.3 Å².